The Balaban J connectivity index is 0. The van der Waals surface area contributed by atoms with Crippen molar-refractivity contribution in [1.82, 2.24) is 0 Å². The first-order valence-electron chi connectivity index (χ1n) is 2.99. The molecule has 69 valence electrons. The summed E-state index contributed by atoms with van der Waals surface area (Å²) in [7, 11) is 0. The van der Waals surface area contributed by atoms with Crippen LogP contribution in [0.2, 0.25) is 0 Å². The quantitative estimate of drug-likeness (QED) is 0.544. The minimum Gasteiger partial charge on any atom is -1.00 e. The van der Waals surface area contributed by atoms with Crippen molar-refractivity contribution >= 4 is 0 Å². The first kappa shape index (κ1) is 15.6. The van der Waals surface area contributed by atoms with Crippen molar-refractivity contribution < 1.29 is 49.6 Å². The van der Waals surface area contributed by atoms with E-state index in [4.69, 9.17) is 0 Å². The van der Waals surface area contributed by atoms with Crippen LogP contribution < -0.4 is 17.0 Å². The predicted molar refractivity (Wildman–Crippen MR) is 36.7 cm³/mol. The van der Waals surface area contributed by atoms with Gasteiger partial charge in [-0.25, -0.2) is 0 Å². The summed E-state index contributed by atoms with van der Waals surface area (Å²) in [5.74, 6) is 0. The van der Waals surface area contributed by atoms with Gasteiger partial charge in [0.15, 0.2) is 0 Å². The fraction of sp³-hybridized carbons (Fsp3) is 0.125. The number of hydrogen-bond donors (Lipinski definition) is 0. The molecule has 5 heteroatoms. The third-order valence-corrected chi connectivity index (χ3v) is 1.25. The van der Waals surface area contributed by atoms with Crippen LogP contribution in [0.25, 0.3) is 0 Å². The molecule has 0 fully saturated rings. The average Bonchev–Trinajstić information content (AvgIpc) is 1.86. The Morgan fingerprint density at radius 3 is 2.08 bits per heavy atom. The van der Waals surface area contributed by atoms with E-state index in [1.807, 2.05) is 0 Å². The summed E-state index contributed by atoms with van der Waals surface area (Å²) < 4.78 is 35.8. The largest absolute Gasteiger partial charge is 1.00 e. The Morgan fingerprint density at radius 2 is 1.77 bits per heavy atom. The summed E-state index contributed by atoms with van der Waals surface area (Å²) in [6, 6.07) is 0. The van der Waals surface area contributed by atoms with Gasteiger partial charge in [-0.15, -0.1) is 0 Å². The smallest absolute Gasteiger partial charge is 0.413 e. The van der Waals surface area contributed by atoms with Crippen molar-refractivity contribution in [3.8, 4) is 0 Å². The van der Waals surface area contributed by atoms with Crippen LogP contribution in [0.15, 0.2) is 36.0 Å². The maximum absolute atomic E-state index is 11.9. The van der Waals surface area contributed by atoms with Gasteiger partial charge in [0.2, 0.25) is 0 Å². The topological polar surface area (TPSA) is 0 Å². The van der Waals surface area contributed by atoms with Crippen LogP contribution in [-0.4, -0.2) is 6.18 Å². The molecule has 0 amide bonds. The van der Waals surface area contributed by atoms with Gasteiger partial charge in [0.05, 0.1) is 0 Å². The Morgan fingerprint density at radius 1 is 1.23 bits per heavy atom. The van der Waals surface area contributed by atoms with Gasteiger partial charge >= 0.3 is 6.18 Å². The molecular formula is C8H6BrF3Zn-. The zero-order valence-corrected chi connectivity index (χ0v) is 11.3. The molecule has 1 rings (SSSR count). The third kappa shape index (κ3) is 4.77. The summed E-state index contributed by atoms with van der Waals surface area (Å²) in [5.41, 5.74) is -0.273. The molecule has 0 aliphatic heterocycles. The molecule has 1 radical (unpaired) electrons. The monoisotopic (exact) mass is 302 g/mol. The van der Waals surface area contributed by atoms with E-state index in [0.29, 0.717) is 5.57 Å². The molecule has 0 unspecified atom stereocenters. The molecule has 1 aliphatic carbocycles. The van der Waals surface area contributed by atoms with Gasteiger partial charge in [0.25, 0.3) is 0 Å². The van der Waals surface area contributed by atoms with Crippen LogP contribution >= 0.6 is 0 Å². The van der Waals surface area contributed by atoms with Gasteiger partial charge < -0.3 is 17.0 Å². The summed E-state index contributed by atoms with van der Waals surface area (Å²) >= 11 is 0. The van der Waals surface area contributed by atoms with Gasteiger partial charge in [0.1, 0.15) is 0 Å². The average molecular weight is 304 g/mol. The van der Waals surface area contributed by atoms with E-state index in [-0.39, 0.29) is 36.5 Å². The molecule has 0 saturated heterocycles. The molecule has 0 aromatic rings. The molecule has 0 saturated carbocycles. The predicted octanol–water partition coefficient (Wildman–Crippen LogP) is -0.193. The van der Waals surface area contributed by atoms with E-state index in [1.165, 1.54) is 12.2 Å². The molecule has 0 bridgehead atoms. The normalized spacial score (nSPS) is 15.6. The molecule has 1 aliphatic rings. The molecular weight excluding hydrogens is 298 g/mol. The van der Waals surface area contributed by atoms with Crippen molar-refractivity contribution in [1.29, 1.82) is 0 Å². The van der Waals surface area contributed by atoms with Gasteiger partial charge in [-0.2, -0.15) is 13.2 Å². The molecule has 0 aromatic heterocycles. The van der Waals surface area contributed by atoms with E-state index in [1.54, 1.807) is 0 Å². The van der Waals surface area contributed by atoms with Crippen molar-refractivity contribution in [3.05, 3.63) is 42.4 Å². The van der Waals surface area contributed by atoms with Crippen LogP contribution in [0.4, 0.5) is 13.2 Å². The number of halogens is 4. The van der Waals surface area contributed by atoms with E-state index in [0.717, 1.165) is 12.5 Å². The number of rotatable bonds is 0. The van der Waals surface area contributed by atoms with Crippen molar-refractivity contribution in [2.45, 2.75) is 6.18 Å². The number of hydrogen-bond acceptors (Lipinski definition) is 0. The zero-order chi connectivity index (χ0) is 8.48. The minimum atomic E-state index is -4.26. The SMILES string of the molecule is C=C1[CH]C(C(F)(F)F)=CC=C1.[Br-].[Zn]. The van der Waals surface area contributed by atoms with Gasteiger partial charge in [0, 0.05) is 31.5 Å². The third-order valence-electron chi connectivity index (χ3n) is 1.25. The Hall–Kier alpha value is 0.113. The van der Waals surface area contributed by atoms with E-state index >= 15 is 0 Å². The standard InChI is InChI=1S/C8H6F3.BrH.Zn/c1-6-3-2-4-7(5-6)8(9,10)11;;/h2-5H,1H2;1H;/p-1. The summed E-state index contributed by atoms with van der Waals surface area (Å²) in [4.78, 5) is 0. The van der Waals surface area contributed by atoms with Crippen molar-refractivity contribution in [3.63, 3.8) is 0 Å². The Labute approximate surface area is 98.1 Å². The number of allylic oxidation sites excluding steroid dienone is 5. The van der Waals surface area contributed by atoms with E-state index in [2.05, 4.69) is 6.58 Å². The van der Waals surface area contributed by atoms with Crippen molar-refractivity contribution in [2.75, 3.05) is 0 Å². The van der Waals surface area contributed by atoms with Crippen LogP contribution in [0.5, 0.6) is 0 Å². The molecule has 0 heterocycles. The Bertz CT molecular complexity index is 240. The summed E-state index contributed by atoms with van der Waals surface area (Å²) in [6.45, 7) is 3.39. The first-order chi connectivity index (χ1) is 5.00. The fourth-order valence-corrected chi connectivity index (χ4v) is 0.748. The molecule has 13 heavy (non-hydrogen) atoms. The summed E-state index contributed by atoms with van der Waals surface area (Å²) in [6.07, 6.45) is 0.642. The molecule has 0 spiro atoms. The van der Waals surface area contributed by atoms with Crippen LogP contribution in [0.3, 0.4) is 0 Å². The summed E-state index contributed by atoms with van der Waals surface area (Å²) in [5, 5.41) is 0. The van der Waals surface area contributed by atoms with Crippen LogP contribution in [0.1, 0.15) is 0 Å². The second kappa shape index (κ2) is 5.76. The molecule has 0 aromatic carbocycles. The first-order valence-corrected chi connectivity index (χ1v) is 2.99. The fourth-order valence-electron chi connectivity index (χ4n) is 0.748. The van der Waals surface area contributed by atoms with Gasteiger partial charge in [-0.1, -0.05) is 24.8 Å². The van der Waals surface area contributed by atoms with E-state index < -0.39 is 11.7 Å². The van der Waals surface area contributed by atoms with Gasteiger partial charge in [-0.05, 0) is 5.57 Å². The van der Waals surface area contributed by atoms with Crippen LogP contribution in [-0.2, 0) is 19.5 Å². The molecule has 0 N–H and O–H groups in total. The second-order valence-electron chi connectivity index (χ2n) is 2.20. The zero-order valence-electron chi connectivity index (χ0n) is 6.74. The second-order valence-corrected chi connectivity index (χ2v) is 2.20. The molecule has 0 nitrogen and oxygen atoms in total. The molecule has 0 atom stereocenters. The van der Waals surface area contributed by atoms with E-state index in [9.17, 15) is 13.2 Å². The minimum absolute atomic E-state index is 0. The Kier molecular flexibility index (Phi) is 6.91. The van der Waals surface area contributed by atoms with Crippen molar-refractivity contribution in [2.24, 2.45) is 0 Å². The van der Waals surface area contributed by atoms with Crippen LogP contribution in [0, 0.1) is 6.42 Å². The maximum Gasteiger partial charge on any atom is 0.413 e. The maximum atomic E-state index is 11.9. The van der Waals surface area contributed by atoms with Gasteiger partial charge in [-0.3, -0.25) is 0 Å². The number of alkyl halides is 3.